The molecule has 0 saturated heterocycles. The van der Waals surface area contributed by atoms with Gasteiger partial charge in [0.05, 0.1) is 10.3 Å². The van der Waals surface area contributed by atoms with Crippen LogP contribution in [0, 0.1) is 0 Å². The molecule has 1 unspecified atom stereocenters. The van der Waals surface area contributed by atoms with Gasteiger partial charge in [0.2, 0.25) is 5.91 Å². The van der Waals surface area contributed by atoms with E-state index in [1.54, 1.807) is 6.07 Å². The summed E-state index contributed by atoms with van der Waals surface area (Å²) in [5.74, 6) is 0.325. The lowest BCUT2D eigenvalue weighted by Gasteiger charge is -2.11. The highest BCUT2D eigenvalue weighted by Crippen LogP contribution is 2.28. The first-order valence-electron chi connectivity index (χ1n) is 6.99. The second-order valence-corrected chi connectivity index (χ2v) is 6.80. The molecule has 3 rings (SSSR count). The Hall–Kier alpha value is -2.25. The summed E-state index contributed by atoms with van der Waals surface area (Å²) in [5, 5.41) is 16.7. The van der Waals surface area contributed by atoms with Crippen molar-refractivity contribution in [2.45, 2.75) is 19.3 Å². The van der Waals surface area contributed by atoms with Gasteiger partial charge in [0.25, 0.3) is 0 Å². The molecule has 3 aromatic rings. The first-order valence-corrected chi connectivity index (χ1v) is 8.18. The topological polar surface area (TPSA) is 83.6 Å². The van der Waals surface area contributed by atoms with E-state index in [0.29, 0.717) is 16.6 Å². The predicted molar refractivity (Wildman–Crippen MR) is 89.8 cm³/mol. The Labute approximate surface area is 141 Å². The van der Waals surface area contributed by atoms with E-state index in [4.69, 9.17) is 11.6 Å². The van der Waals surface area contributed by atoms with Crippen molar-refractivity contribution in [3.63, 3.8) is 0 Å². The first-order chi connectivity index (χ1) is 11.1. The Morgan fingerprint density at radius 3 is 2.70 bits per heavy atom. The number of H-pyrrole nitrogens is 1. The summed E-state index contributed by atoms with van der Waals surface area (Å²) in [6.45, 7) is 1.86. The van der Waals surface area contributed by atoms with Crippen LogP contribution in [0.5, 0.6) is 0 Å². The van der Waals surface area contributed by atoms with E-state index >= 15 is 0 Å². The molecule has 2 aromatic heterocycles. The Bertz CT molecular complexity index is 785. The predicted octanol–water partition coefficient (Wildman–Crippen LogP) is 3.25. The number of carbonyl (C=O) groups excluding carboxylic acids is 1. The number of hydrogen-bond donors (Lipinski definition) is 2. The number of rotatable bonds is 5. The number of aromatic amines is 1. The van der Waals surface area contributed by atoms with Gasteiger partial charge < -0.3 is 5.32 Å². The van der Waals surface area contributed by atoms with Crippen molar-refractivity contribution < 1.29 is 4.79 Å². The third-order valence-corrected chi connectivity index (χ3v) is 4.80. The van der Waals surface area contributed by atoms with Gasteiger partial charge in [-0.25, -0.2) is 0 Å². The molecule has 0 aliphatic carbocycles. The molecule has 23 heavy (non-hydrogen) atoms. The molecule has 0 radical (unpaired) electrons. The standard InChI is InChI=1S/C15H14ClN5OS/c1-9(12-6-7-13(16)23-12)15(22)17-11-4-2-10(3-5-11)8-14-18-20-21-19-14/h2-7,9H,8H2,1H3,(H,17,22)(H,18,19,20,21). The zero-order valence-electron chi connectivity index (χ0n) is 12.3. The SMILES string of the molecule is CC(C(=O)Nc1ccc(Cc2nn[nH]n2)cc1)c1ccc(Cl)s1. The van der Waals surface area contributed by atoms with Crippen molar-refractivity contribution in [1.29, 1.82) is 0 Å². The molecule has 118 valence electrons. The quantitative estimate of drug-likeness (QED) is 0.742. The third-order valence-electron chi connectivity index (χ3n) is 3.39. The van der Waals surface area contributed by atoms with Gasteiger partial charge in [-0.1, -0.05) is 28.9 Å². The van der Waals surface area contributed by atoms with E-state index < -0.39 is 0 Å². The van der Waals surface area contributed by atoms with Gasteiger partial charge in [-0.15, -0.1) is 21.5 Å². The molecule has 0 saturated carbocycles. The number of thiophene rings is 1. The Morgan fingerprint density at radius 1 is 1.30 bits per heavy atom. The van der Waals surface area contributed by atoms with E-state index in [-0.39, 0.29) is 11.8 Å². The van der Waals surface area contributed by atoms with Crippen molar-refractivity contribution in [1.82, 2.24) is 20.6 Å². The van der Waals surface area contributed by atoms with Crippen LogP contribution in [0.1, 0.15) is 29.1 Å². The molecule has 1 amide bonds. The van der Waals surface area contributed by atoms with Gasteiger partial charge in [0.15, 0.2) is 5.82 Å². The molecule has 0 fully saturated rings. The summed E-state index contributed by atoms with van der Waals surface area (Å²) in [6, 6.07) is 11.3. The number of nitrogens with one attached hydrogen (secondary N) is 2. The second kappa shape index (κ2) is 6.89. The molecule has 2 N–H and O–H groups in total. The summed E-state index contributed by atoms with van der Waals surface area (Å²) < 4.78 is 0.686. The monoisotopic (exact) mass is 347 g/mol. The molecule has 0 bridgehead atoms. The molecule has 2 heterocycles. The smallest absolute Gasteiger partial charge is 0.232 e. The molecule has 1 aromatic carbocycles. The number of amides is 1. The van der Waals surface area contributed by atoms with E-state index in [1.165, 1.54) is 11.3 Å². The van der Waals surface area contributed by atoms with Crippen LogP contribution in [0.15, 0.2) is 36.4 Å². The fraction of sp³-hybridized carbons (Fsp3) is 0.200. The van der Waals surface area contributed by atoms with Gasteiger partial charge in [0, 0.05) is 17.0 Å². The molecule has 1 atom stereocenters. The number of aromatic nitrogens is 4. The van der Waals surface area contributed by atoms with Crippen LogP contribution in [-0.4, -0.2) is 26.5 Å². The Morgan fingerprint density at radius 2 is 2.09 bits per heavy atom. The van der Waals surface area contributed by atoms with Crippen LogP contribution in [0.3, 0.4) is 0 Å². The van der Waals surface area contributed by atoms with Crippen LogP contribution in [-0.2, 0) is 11.2 Å². The number of nitrogens with zero attached hydrogens (tertiary/aromatic N) is 3. The number of benzene rings is 1. The highest BCUT2D eigenvalue weighted by Gasteiger charge is 2.17. The minimum absolute atomic E-state index is 0.0607. The van der Waals surface area contributed by atoms with Gasteiger partial charge in [-0.3, -0.25) is 4.79 Å². The van der Waals surface area contributed by atoms with Crippen molar-refractivity contribution in [3.05, 3.63) is 57.0 Å². The summed E-state index contributed by atoms with van der Waals surface area (Å²) >= 11 is 7.34. The minimum atomic E-state index is -0.244. The highest BCUT2D eigenvalue weighted by molar-refractivity contribution is 7.16. The molecule has 8 heteroatoms. The second-order valence-electron chi connectivity index (χ2n) is 5.05. The van der Waals surface area contributed by atoms with E-state index in [0.717, 1.165) is 16.1 Å². The summed E-state index contributed by atoms with van der Waals surface area (Å²) in [6.07, 6.45) is 0.592. The van der Waals surface area contributed by atoms with Gasteiger partial charge in [-0.2, -0.15) is 5.21 Å². The summed E-state index contributed by atoms with van der Waals surface area (Å²) in [7, 11) is 0. The van der Waals surface area contributed by atoms with Crippen LogP contribution < -0.4 is 5.32 Å². The molecular formula is C15H14ClN5OS. The maximum atomic E-state index is 12.3. The minimum Gasteiger partial charge on any atom is -0.326 e. The van der Waals surface area contributed by atoms with Crippen molar-refractivity contribution in [2.24, 2.45) is 0 Å². The first kappa shape index (κ1) is 15.6. The van der Waals surface area contributed by atoms with Crippen molar-refractivity contribution in [2.75, 3.05) is 5.32 Å². The van der Waals surface area contributed by atoms with Crippen LogP contribution in [0.2, 0.25) is 4.34 Å². The Kier molecular flexibility index (Phi) is 4.68. The molecule has 0 aliphatic heterocycles. The van der Waals surface area contributed by atoms with Gasteiger partial charge >= 0.3 is 0 Å². The number of anilines is 1. The average Bonchev–Trinajstić information content (AvgIpc) is 3.20. The lowest BCUT2D eigenvalue weighted by molar-refractivity contribution is -0.117. The van der Waals surface area contributed by atoms with Gasteiger partial charge in [0.1, 0.15) is 0 Å². The maximum absolute atomic E-state index is 12.3. The molecule has 0 aliphatic rings. The van der Waals surface area contributed by atoms with Crippen molar-refractivity contribution >= 4 is 34.5 Å². The fourth-order valence-corrected chi connectivity index (χ4v) is 3.20. The average molecular weight is 348 g/mol. The summed E-state index contributed by atoms with van der Waals surface area (Å²) in [5.41, 5.74) is 1.80. The molecule has 6 nitrogen and oxygen atoms in total. The Balaban J connectivity index is 1.62. The van der Waals surface area contributed by atoms with Crippen LogP contribution >= 0.6 is 22.9 Å². The number of hydrogen-bond acceptors (Lipinski definition) is 5. The van der Waals surface area contributed by atoms with Crippen molar-refractivity contribution in [3.8, 4) is 0 Å². The summed E-state index contributed by atoms with van der Waals surface area (Å²) in [4.78, 5) is 13.2. The number of tetrazole rings is 1. The lowest BCUT2D eigenvalue weighted by atomic mass is 10.1. The van der Waals surface area contributed by atoms with Crippen LogP contribution in [0.4, 0.5) is 5.69 Å². The van der Waals surface area contributed by atoms with Gasteiger partial charge in [-0.05, 0) is 36.8 Å². The normalized spacial score (nSPS) is 12.1. The number of halogens is 1. The number of carbonyl (C=O) groups is 1. The van der Waals surface area contributed by atoms with E-state index in [2.05, 4.69) is 25.9 Å². The van der Waals surface area contributed by atoms with E-state index in [1.807, 2.05) is 37.3 Å². The largest absolute Gasteiger partial charge is 0.326 e. The highest BCUT2D eigenvalue weighted by atomic mass is 35.5. The zero-order chi connectivity index (χ0) is 16.2. The van der Waals surface area contributed by atoms with Crippen LogP contribution in [0.25, 0.3) is 0 Å². The zero-order valence-corrected chi connectivity index (χ0v) is 13.9. The maximum Gasteiger partial charge on any atom is 0.232 e. The fourth-order valence-electron chi connectivity index (χ4n) is 2.09. The molecule has 0 spiro atoms. The lowest BCUT2D eigenvalue weighted by Crippen LogP contribution is -2.18. The molecular weight excluding hydrogens is 334 g/mol. The third kappa shape index (κ3) is 3.94. The van der Waals surface area contributed by atoms with E-state index in [9.17, 15) is 4.79 Å².